The van der Waals surface area contributed by atoms with Crippen molar-refractivity contribution >= 4 is 33.2 Å². The van der Waals surface area contributed by atoms with Gasteiger partial charge in [0.05, 0.1) is 10.0 Å². The molecule has 2 rings (SSSR count). The lowest BCUT2D eigenvalue weighted by molar-refractivity contribution is 0.369. The monoisotopic (exact) mass is 350 g/mol. The zero-order chi connectivity index (χ0) is 15.5. The fourth-order valence-electron chi connectivity index (χ4n) is 2.54. The van der Waals surface area contributed by atoms with Crippen molar-refractivity contribution in [3.05, 3.63) is 28.2 Å². The summed E-state index contributed by atoms with van der Waals surface area (Å²) < 4.78 is 27.2. The third kappa shape index (κ3) is 3.90. The minimum Gasteiger partial charge on any atom is -0.313 e. The standard InChI is InChI=1S/C14H20Cl2N2O2S/c1-2-9-18(10-11-5-4-8-17-11)21(19,20)13-7-3-6-12(15)14(13)16/h3,6-7,11,17H,2,4-5,8-10H2,1H3. The Labute approximate surface area is 136 Å². The van der Waals surface area contributed by atoms with Crippen LogP contribution in [0.15, 0.2) is 23.1 Å². The van der Waals surface area contributed by atoms with Crippen LogP contribution in [0.4, 0.5) is 0 Å². The van der Waals surface area contributed by atoms with Gasteiger partial charge in [-0.15, -0.1) is 0 Å². The zero-order valence-corrected chi connectivity index (χ0v) is 14.3. The van der Waals surface area contributed by atoms with E-state index in [9.17, 15) is 8.42 Å². The van der Waals surface area contributed by atoms with E-state index in [0.29, 0.717) is 13.1 Å². The van der Waals surface area contributed by atoms with E-state index in [1.165, 1.54) is 10.4 Å². The lowest BCUT2D eigenvalue weighted by Crippen LogP contribution is -2.41. The van der Waals surface area contributed by atoms with Crippen molar-refractivity contribution in [1.82, 2.24) is 9.62 Å². The molecule has 4 nitrogen and oxygen atoms in total. The van der Waals surface area contributed by atoms with Gasteiger partial charge in [-0.1, -0.05) is 36.2 Å². The van der Waals surface area contributed by atoms with E-state index in [4.69, 9.17) is 23.2 Å². The van der Waals surface area contributed by atoms with Gasteiger partial charge >= 0.3 is 0 Å². The maximum absolute atomic E-state index is 12.8. The topological polar surface area (TPSA) is 49.4 Å². The molecule has 1 aromatic carbocycles. The summed E-state index contributed by atoms with van der Waals surface area (Å²) in [5.41, 5.74) is 0. The third-order valence-electron chi connectivity index (χ3n) is 3.59. The Morgan fingerprint density at radius 1 is 1.38 bits per heavy atom. The molecule has 1 atom stereocenters. The second kappa shape index (κ2) is 7.29. The molecule has 0 aliphatic carbocycles. The largest absolute Gasteiger partial charge is 0.313 e. The van der Waals surface area contributed by atoms with Crippen LogP contribution < -0.4 is 5.32 Å². The van der Waals surface area contributed by atoms with Crippen LogP contribution in [0.1, 0.15) is 26.2 Å². The number of hydrogen-bond donors (Lipinski definition) is 1. The summed E-state index contributed by atoms with van der Waals surface area (Å²) >= 11 is 12.0. The highest BCUT2D eigenvalue weighted by molar-refractivity contribution is 7.89. The quantitative estimate of drug-likeness (QED) is 0.857. The lowest BCUT2D eigenvalue weighted by Gasteiger charge is -2.25. The Hall–Kier alpha value is -0.330. The molecule has 1 saturated heterocycles. The summed E-state index contributed by atoms with van der Waals surface area (Å²) in [6, 6.07) is 4.92. The molecule has 0 bridgehead atoms. The Morgan fingerprint density at radius 3 is 2.76 bits per heavy atom. The predicted molar refractivity (Wildman–Crippen MR) is 86.5 cm³/mol. The Morgan fingerprint density at radius 2 is 2.14 bits per heavy atom. The summed E-state index contributed by atoms with van der Waals surface area (Å²) in [5.74, 6) is 0. The number of halogens is 2. The summed E-state index contributed by atoms with van der Waals surface area (Å²) in [6.07, 6.45) is 2.84. The van der Waals surface area contributed by atoms with Crippen LogP contribution in [0.3, 0.4) is 0 Å². The molecule has 1 heterocycles. The average Bonchev–Trinajstić information content (AvgIpc) is 2.94. The molecule has 0 radical (unpaired) electrons. The van der Waals surface area contributed by atoms with Gasteiger partial charge in [-0.25, -0.2) is 8.42 Å². The highest BCUT2D eigenvalue weighted by atomic mass is 35.5. The van der Waals surface area contributed by atoms with Gasteiger partial charge in [0.1, 0.15) is 4.90 Å². The molecule has 21 heavy (non-hydrogen) atoms. The summed E-state index contributed by atoms with van der Waals surface area (Å²) in [6.45, 7) is 3.86. The highest BCUT2D eigenvalue weighted by Crippen LogP contribution is 2.31. The average molecular weight is 351 g/mol. The molecule has 1 aliphatic rings. The molecule has 1 fully saturated rings. The van der Waals surface area contributed by atoms with E-state index in [-0.39, 0.29) is 21.0 Å². The van der Waals surface area contributed by atoms with Gasteiger partial charge in [0.25, 0.3) is 0 Å². The minimum absolute atomic E-state index is 0.0862. The number of nitrogens with one attached hydrogen (secondary N) is 1. The number of rotatable bonds is 6. The highest BCUT2D eigenvalue weighted by Gasteiger charge is 2.29. The predicted octanol–water partition coefficient (Wildman–Crippen LogP) is 3.15. The van der Waals surface area contributed by atoms with Crippen LogP contribution in [0.5, 0.6) is 0 Å². The first-order valence-electron chi connectivity index (χ1n) is 7.14. The second-order valence-corrected chi connectivity index (χ2v) is 7.90. The number of hydrogen-bond acceptors (Lipinski definition) is 3. The van der Waals surface area contributed by atoms with Crippen LogP contribution in [0, 0.1) is 0 Å². The molecule has 0 amide bonds. The molecular weight excluding hydrogens is 331 g/mol. The van der Waals surface area contributed by atoms with Crippen molar-refractivity contribution in [2.75, 3.05) is 19.6 Å². The fraction of sp³-hybridized carbons (Fsp3) is 0.571. The van der Waals surface area contributed by atoms with Crippen LogP contribution in [0.2, 0.25) is 10.0 Å². The number of benzene rings is 1. The van der Waals surface area contributed by atoms with Crippen molar-refractivity contribution < 1.29 is 8.42 Å². The van der Waals surface area contributed by atoms with Gasteiger partial charge in [-0.3, -0.25) is 0 Å². The van der Waals surface area contributed by atoms with Crippen molar-refractivity contribution in [2.45, 2.75) is 37.1 Å². The van der Waals surface area contributed by atoms with Crippen LogP contribution in [-0.2, 0) is 10.0 Å². The Balaban J connectivity index is 2.30. The van der Waals surface area contributed by atoms with Gasteiger partial charge in [0, 0.05) is 19.1 Å². The maximum Gasteiger partial charge on any atom is 0.244 e. The molecule has 0 aromatic heterocycles. The fourth-order valence-corrected chi connectivity index (χ4v) is 4.85. The molecule has 1 unspecified atom stereocenters. The normalized spacial score (nSPS) is 19.3. The Bertz CT molecular complexity index is 587. The molecule has 7 heteroatoms. The van der Waals surface area contributed by atoms with E-state index < -0.39 is 10.0 Å². The van der Waals surface area contributed by atoms with E-state index >= 15 is 0 Å². The minimum atomic E-state index is -3.63. The first kappa shape index (κ1) is 17.0. The second-order valence-electron chi connectivity index (χ2n) is 5.21. The Kier molecular flexibility index (Phi) is 5.91. The molecule has 1 N–H and O–H groups in total. The zero-order valence-electron chi connectivity index (χ0n) is 12.0. The van der Waals surface area contributed by atoms with Crippen molar-refractivity contribution in [3.63, 3.8) is 0 Å². The number of nitrogens with zero attached hydrogens (tertiary/aromatic N) is 1. The van der Waals surface area contributed by atoms with Gasteiger partial charge in [-0.05, 0) is 37.9 Å². The first-order valence-corrected chi connectivity index (χ1v) is 9.34. The van der Waals surface area contributed by atoms with E-state index in [1.54, 1.807) is 12.1 Å². The van der Waals surface area contributed by atoms with E-state index in [2.05, 4.69) is 5.32 Å². The van der Waals surface area contributed by atoms with Crippen LogP contribution >= 0.6 is 23.2 Å². The SMILES string of the molecule is CCCN(CC1CCCN1)S(=O)(=O)c1cccc(Cl)c1Cl. The third-order valence-corrected chi connectivity index (χ3v) is 6.43. The van der Waals surface area contributed by atoms with E-state index in [0.717, 1.165) is 25.8 Å². The molecule has 1 aromatic rings. The number of sulfonamides is 1. The molecule has 0 spiro atoms. The summed E-state index contributed by atoms with van der Waals surface area (Å²) in [4.78, 5) is 0.0862. The van der Waals surface area contributed by atoms with Crippen molar-refractivity contribution in [1.29, 1.82) is 0 Å². The van der Waals surface area contributed by atoms with Crippen LogP contribution in [0.25, 0.3) is 0 Å². The van der Waals surface area contributed by atoms with Gasteiger partial charge in [-0.2, -0.15) is 4.31 Å². The van der Waals surface area contributed by atoms with Gasteiger partial charge < -0.3 is 5.32 Å². The summed E-state index contributed by atoms with van der Waals surface area (Å²) in [5, 5.41) is 3.68. The van der Waals surface area contributed by atoms with E-state index in [1.807, 2.05) is 6.92 Å². The van der Waals surface area contributed by atoms with Crippen LogP contribution in [-0.4, -0.2) is 38.4 Å². The van der Waals surface area contributed by atoms with Crippen molar-refractivity contribution in [2.24, 2.45) is 0 Å². The lowest BCUT2D eigenvalue weighted by atomic mass is 10.2. The smallest absolute Gasteiger partial charge is 0.244 e. The summed E-state index contributed by atoms with van der Waals surface area (Å²) in [7, 11) is -3.63. The van der Waals surface area contributed by atoms with Gasteiger partial charge in [0.15, 0.2) is 0 Å². The van der Waals surface area contributed by atoms with Crippen molar-refractivity contribution in [3.8, 4) is 0 Å². The maximum atomic E-state index is 12.8. The molecule has 0 saturated carbocycles. The molecular formula is C14H20Cl2N2O2S. The molecule has 118 valence electrons. The van der Waals surface area contributed by atoms with Gasteiger partial charge in [0.2, 0.25) is 10.0 Å². The molecule has 1 aliphatic heterocycles. The first-order chi connectivity index (χ1) is 9.96.